The minimum Gasteiger partial charge on any atom is -0.453 e. The molecule has 0 unspecified atom stereocenters. The average molecular weight is 160 g/mol. The van der Waals surface area contributed by atoms with Gasteiger partial charge < -0.3 is 15.0 Å². The van der Waals surface area contributed by atoms with E-state index in [4.69, 9.17) is 0 Å². The third-order valence-corrected chi connectivity index (χ3v) is 1.07. The number of hydrogen-bond donors (Lipinski definition) is 1. The van der Waals surface area contributed by atoms with Gasteiger partial charge in [-0.2, -0.15) is 0 Å². The summed E-state index contributed by atoms with van der Waals surface area (Å²) in [5.74, 6) is -0.171. The smallest absolute Gasteiger partial charge is 0.407 e. The summed E-state index contributed by atoms with van der Waals surface area (Å²) in [5, 5.41) is 2.26. The van der Waals surface area contributed by atoms with Gasteiger partial charge in [0.2, 0.25) is 5.91 Å². The third kappa shape index (κ3) is 4.19. The van der Waals surface area contributed by atoms with Gasteiger partial charge in [0, 0.05) is 14.1 Å². The highest BCUT2D eigenvalue weighted by Gasteiger charge is 2.05. The Kier molecular flexibility index (Phi) is 4.02. The van der Waals surface area contributed by atoms with E-state index in [0.29, 0.717) is 0 Å². The lowest BCUT2D eigenvalue weighted by atomic mass is 10.5. The molecule has 5 nitrogen and oxygen atoms in total. The molecule has 0 saturated heterocycles. The monoisotopic (exact) mass is 160 g/mol. The van der Waals surface area contributed by atoms with Crippen LogP contribution in [0, 0.1) is 0 Å². The van der Waals surface area contributed by atoms with E-state index in [1.165, 1.54) is 12.0 Å². The van der Waals surface area contributed by atoms with Crippen molar-refractivity contribution in [3.05, 3.63) is 0 Å². The molecular weight excluding hydrogens is 148 g/mol. The molecule has 0 saturated carbocycles. The Balaban J connectivity index is 3.54. The zero-order valence-electron chi connectivity index (χ0n) is 6.88. The van der Waals surface area contributed by atoms with Crippen molar-refractivity contribution in [2.24, 2.45) is 0 Å². The number of nitrogens with zero attached hydrogens (tertiary/aromatic N) is 1. The maximum absolute atomic E-state index is 10.8. The van der Waals surface area contributed by atoms with Gasteiger partial charge in [0.25, 0.3) is 0 Å². The first-order chi connectivity index (χ1) is 5.07. The Bertz CT molecular complexity index is 156. The van der Waals surface area contributed by atoms with Crippen molar-refractivity contribution >= 4 is 12.0 Å². The number of rotatable bonds is 2. The Morgan fingerprint density at radius 2 is 2.00 bits per heavy atom. The van der Waals surface area contributed by atoms with Gasteiger partial charge in [-0.25, -0.2) is 4.79 Å². The maximum atomic E-state index is 10.8. The molecular formula is C6H12N2O3. The number of alkyl carbamates (subject to hydrolysis) is 1. The molecule has 0 aromatic heterocycles. The van der Waals surface area contributed by atoms with Crippen molar-refractivity contribution < 1.29 is 14.3 Å². The zero-order chi connectivity index (χ0) is 8.85. The maximum Gasteiger partial charge on any atom is 0.407 e. The minimum atomic E-state index is -0.597. The van der Waals surface area contributed by atoms with E-state index in [1.54, 1.807) is 14.1 Å². The highest BCUT2D eigenvalue weighted by molar-refractivity contribution is 5.81. The third-order valence-electron chi connectivity index (χ3n) is 1.07. The Labute approximate surface area is 65.3 Å². The molecule has 0 aliphatic heterocycles. The van der Waals surface area contributed by atoms with Crippen LogP contribution in [0.2, 0.25) is 0 Å². The lowest BCUT2D eigenvalue weighted by molar-refractivity contribution is -0.127. The number of carbonyl (C=O) groups excluding carboxylic acids is 2. The summed E-state index contributed by atoms with van der Waals surface area (Å²) in [4.78, 5) is 22.6. The predicted molar refractivity (Wildman–Crippen MR) is 39.1 cm³/mol. The van der Waals surface area contributed by atoms with Gasteiger partial charge in [0.1, 0.15) is 6.54 Å². The quantitative estimate of drug-likeness (QED) is 0.588. The molecule has 0 rings (SSSR count). The first-order valence-electron chi connectivity index (χ1n) is 3.10. The fourth-order valence-corrected chi connectivity index (χ4v) is 0.378. The van der Waals surface area contributed by atoms with E-state index in [1.807, 2.05) is 0 Å². The van der Waals surface area contributed by atoms with Crippen molar-refractivity contribution in [2.75, 3.05) is 27.7 Å². The summed E-state index contributed by atoms with van der Waals surface area (Å²) in [5.41, 5.74) is 0. The van der Waals surface area contributed by atoms with E-state index < -0.39 is 6.09 Å². The van der Waals surface area contributed by atoms with E-state index in [9.17, 15) is 9.59 Å². The van der Waals surface area contributed by atoms with Crippen LogP contribution in [0.4, 0.5) is 4.79 Å². The molecule has 0 aromatic rings. The number of nitrogens with one attached hydrogen (secondary N) is 1. The van der Waals surface area contributed by atoms with E-state index in [-0.39, 0.29) is 12.5 Å². The second-order valence-electron chi connectivity index (χ2n) is 2.13. The first kappa shape index (κ1) is 9.74. The molecule has 0 aliphatic rings. The topological polar surface area (TPSA) is 58.6 Å². The molecule has 0 radical (unpaired) electrons. The molecule has 5 heteroatoms. The van der Waals surface area contributed by atoms with Crippen LogP contribution in [0.1, 0.15) is 0 Å². The van der Waals surface area contributed by atoms with Crippen molar-refractivity contribution in [1.82, 2.24) is 10.2 Å². The van der Waals surface area contributed by atoms with Gasteiger partial charge in [0.05, 0.1) is 7.11 Å². The summed E-state index contributed by atoms with van der Waals surface area (Å²) in [7, 11) is 4.47. The predicted octanol–water partition coefficient (Wildman–Crippen LogP) is -0.569. The second-order valence-corrected chi connectivity index (χ2v) is 2.13. The van der Waals surface area contributed by atoms with Gasteiger partial charge in [-0.1, -0.05) is 0 Å². The Hall–Kier alpha value is -1.26. The largest absolute Gasteiger partial charge is 0.453 e. The number of carbonyl (C=O) groups is 2. The summed E-state index contributed by atoms with van der Waals surface area (Å²) >= 11 is 0. The second kappa shape index (κ2) is 4.54. The van der Waals surface area contributed by atoms with E-state index in [2.05, 4.69) is 10.1 Å². The molecule has 0 aromatic carbocycles. The van der Waals surface area contributed by atoms with Crippen LogP contribution in [-0.4, -0.2) is 44.7 Å². The lowest BCUT2D eigenvalue weighted by Crippen LogP contribution is -2.36. The number of methoxy groups -OCH3 is 1. The normalized spacial score (nSPS) is 8.64. The standard InChI is InChI=1S/C6H12N2O3/c1-8(2)5(9)4-7-6(10)11-3/h4H2,1-3H3,(H,7,10). The molecule has 0 heterocycles. The van der Waals surface area contributed by atoms with Gasteiger partial charge in [-0.05, 0) is 0 Å². The fourth-order valence-electron chi connectivity index (χ4n) is 0.378. The molecule has 11 heavy (non-hydrogen) atoms. The molecule has 0 aliphatic carbocycles. The number of amides is 2. The van der Waals surface area contributed by atoms with Crippen LogP contribution in [0.3, 0.4) is 0 Å². The van der Waals surface area contributed by atoms with Crippen LogP contribution >= 0.6 is 0 Å². The van der Waals surface area contributed by atoms with Crippen LogP contribution in [-0.2, 0) is 9.53 Å². The fraction of sp³-hybridized carbons (Fsp3) is 0.667. The van der Waals surface area contributed by atoms with Crippen LogP contribution in [0.25, 0.3) is 0 Å². The first-order valence-corrected chi connectivity index (χ1v) is 3.10. The number of likely N-dealkylation sites (N-methyl/N-ethyl adjacent to an activating group) is 1. The van der Waals surface area contributed by atoms with Crippen molar-refractivity contribution in [3.63, 3.8) is 0 Å². The van der Waals surface area contributed by atoms with Crippen LogP contribution in [0.15, 0.2) is 0 Å². The summed E-state index contributed by atoms with van der Waals surface area (Å²) in [6.07, 6.45) is -0.597. The van der Waals surface area contributed by atoms with Gasteiger partial charge >= 0.3 is 6.09 Å². The highest BCUT2D eigenvalue weighted by atomic mass is 16.5. The molecule has 0 spiro atoms. The lowest BCUT2D eigenvalue weighted by Gasteiger charge is -2.09. The van der Waals surface area contributed by atoms with Crippen molar-refractivity contribution in [2.45, 2.75) is 0 Å². The summed E-state index contributed by atoms with van der Waals surface area (Å²) in [6.45, 7) is -0.0281. The van der Waals surface area contributed by atoms with E-state index >= 15 is 0 Å². The molecule has 0 fully saturated rings. The van der Waals surface area contributed by atoms with Gasteiger partial charge in [0.15, 0.2) is 0 Å². The van der Waals surface area contributed by atoms with Gasteiger partial charge in [-0.15, -0.1) is 0 Å². The molecule has 0 bridgehead atoms. The summed E-state index contributed by atoms with van der Waals surface area (Å²) < 4.78 is 4.26. The SMILES string of the molecule is COC(=O)NCC(=O)N(C)C. The highest BCUT2D eigenvalue weighted by Crippen LogP contribution is 1.76. The molecule has 2 amide bonds. The Morgan fingerprint density at radius 3 is 2.36 bits per heavy atom. The minimum absolute atomic E-state index is 0.0281. The van der Waals surface area contributed by atoms with Crippen LogP contribution < -0.4 is 5.32 Å². The Morgan fingerprint density at radius 1 is 1.45 bits per heavy atom. The average Bonchev–Trinajstić information content (AvgIpc) is 1.99. The number of hydrogen-bond acceptors (Lipinski definition) is 3. The van der Waals surface area contributed by atoms with Gasteiger partial charge in [-0.3, -0.25) is 4.79 Å². The molecule has 64 valence electrons. The van der Waals surface area contributed by atoms with E-state index in [0.717, 1.165) is 0 Å². The molecule has 0 atom stereocenters. The van der Waals surface area contributed by atoms with Crippen molar-refractivity contribution in [1.29, 1.82) is 0 Å². The van der Waals surface area contributed by atoms with Crippen molar-refractivity contribution in [3.8, 4) is 0 Å². The summed E-state index contributed by atoms with van der Waals surface area (Å²) in [6, 6.07) is 0. The van der Waals surface area contributed by atoms with Crippen LogP contribution in [0.5, 0.6) is 0 Å². The number of ether oxygens (including phenoxy) is 1. The molecule has 1 N–H and O–H groups in total. The zero-order valence-corrected chi connectivity index (χ0v) is 6.88.